The van der Waals surface area contributed by atoms with Gasteiger partial charge in [-0.2, -0.15) is 0 Å². The molecule has 0 aliphatic heterocycles. The van der Waals surface area contributed by atoms with Crippen LogP contribution in [0.5, 0.6) is 0 Å². The van der Waals surface area contributed by atoms with Crippen molar-refractivity contribution in [1.82, 2.24) is 14.5 Å². The molecule has 6 nitrogen and oxygen atoms in total. The molecular weight excluding hydrogens is 254 g/mol. The van der Waals surface area contributed by atoms with Gasteiger partial charge in [-0.3, -0.25) is 4.79 Å². The molecule has 0 spiro atoms. The summed E-state index contributed by atoms with van der Waals surface area (Å²) in [5.74, 6) is 0.934. The lowest BCUT2D eigenvalue weighted by molar-refractivity contribution is -0.118. The Kier molecular flexibility index (Phi) is 3.08. The van der Waals surface area contributed by atoms with Crippen molar-refractivity contribution >= 4 is 22.8 Å². The number of carbonyl (C=O) groups is 1. The molecule has 1 aliphatic carbocycles. The van der Waals surface area contributed by atoms with Gasteiger partial charge in [-0.15, -0.1) is 0 Å². The van der Waals surface area contributed by atoms with E-state index >= 15 is 0 Å². The zero-order chi connectivity index (χ0) is 14.3. The third kappa shape index (κ3) is 1.92. The molecule has 0 saturated heterocycles. The highest BCUT2D eigenvalue weighted by Gasteiger charge is 2.22. The number of aryl methyl sites for hydroxylation is 3. The first-order chi connectivity index (χ1) is 9.61. The van der Waals surface area contributed by atoms with E-state index in [-0.39, 0.29) is 12.5 Å². The summed E-state index contributed by atoms with van der Waals surface area (Å²) in [6.07, 6.45) is 4.91. The van der Waals surface area contributed by atoms with Gasteiger partial charge >= 0.3 is 0 Å². The zero-order valence-electron chi connectivity index (χ0n) is 11.6. The molecule has 20 heavy (non-hydrogen) atoms. The second kappa shape index (κ2) is 4.77. The van der Waals surface area contributed by atoms with Gasteiger partial charge < -0.3 is 16.0 Å². The van der Waals surface area contributed by atoms with Crippen LogP contribution in [0.2, 0.25) is 0 Å². The average molecular weight is 273 g/mol. The first-order valence-electron chi connectivity index (χ1n) is 7.06. The Morgan fingerprint density at radius 1 is 1.30 bits per heavy atom. The van der Waals surface area contributed by atoms with E-state index in [9.17, 15) is 4.79 Å². The smallest absolute Gasteiger partial charge is 0.237 e. The van der Waals surface area contributed by atoms with Crippen molar-refractivity contribution in [2.45, 2.75) is 45.6 Å². The number of carbonyl (C=O) groups excluding carboxylic acids is 1. The van der Waals surface area contributed by atoms with E-state index in [1.54, 1.807) is 0 Å². The summed E-state index contributed by atoms with van der Waals surface area (Å²) in [5, 5.41) is 0. The van der Waals surface area contributed by atoms with Gasteiger partial charge in [0.25, 0.3) is 0 Å². The maximum absolute atomic E-state index is 11.4. The van der Waals surface area contributed by atoms with Crippen LogP contribution in [-0.2, 0) is 30.6 Å². The Balaban J connectivity index is 2.33. The van der Waals surface area contributed by atoms with Gasteiger partial charge in [0.15, 0.2) is 5.82 Å². The molecule has 0 atom stereocenters. The summed E-state index contributed by atoms with van der Waals surface area (Å²) in [5.41, 5.74) is 15.3. The summed E-state index contributed by atoms with van der Waals surface area (Å²) in [6, 6.07) is 0. The molecule has 106 valence electrons. The van der Waals surface area contributed by atoms with Crippen LogP contribution in [0.25, 0.3) is 11.0 Å². The minimum atomic E-state index is -0.362. The van der Waals surface area contributed by atoms with Crippen LogP contribution < -0.4 is 11.5 Å². The lowest BCUT2D eigenvalue weighted by Crippen LogP contribution is -2.21. The maximum Gasteiger partial charge on any atom is 0.237 e. The number of nitrogens with zero attached hydrogens (tertiary/aromatic N) is 3. The maximum atomic E-state index is 11.4. The van der Waals surface area contributed by atoms with Crippen LogP contribution >= 0.6 is 0 Å². The third-order valence-corrected chi connectivity index (χ3v) is 3.90. The van der Waals surface area contributed by atoms with Crippen molar-refractivity contribution in [3.05, 3.63) is 17.1 Å². The van der Waals surface area contributed by atoms with Gasteiger partial charge in [0.1, 0.15) is 17.9 Å². The molecule has 3 rings (SSSR count). The Labute approximate surface area is 117 Å². The standard InChI is InChI=1S/C14H19N5O/c1-2-11-18-12-13(19(11)7-10(15)20)8-5-3-4-6-9(8)17-14(12)16/h2-7H2,1H3,(H2,15,20)(H2,16,17). The van der Waals surface area contributed by atoms with Crippen molar-refractivity contribution in [3.8, 4) is 0 Å². The summed E-state index contributed by atoms with van der Waals surface area (Å²) in [4.78, 5) is 20.4. The minimum Gasteiger partial charge on any atom is -0.382 e. The summed E-state index contributed by atoms with van der Waals surface area (Å²) >= 11 is 0. The van der Waals surface area contributed by atoms with E-state index < -0.39 is 0 Å². The molecule has 2 aromatic rings. The molecule has 0 radical (unpaired) electrons. The first-order valence-corrected chi connectivity index (χ1v) is 7.06. The Morgan fingerprint density at radius 2 is 2.05 bits per heavy atom. The van der Waals surface area contributed by atoms with Crippen LogP contribution in [0.3, 0.4) is 0 Å². The third-order valence-electron chi connectivity index (χ3n) is 3.90. The zero-order valence-corrected chi connectivity index (χ0v) is 11.6. The van der Waals surface area contributed by atoms with E-state index in [1.165, 1.54) is 5.56 Å². The predicted octanol–water partition coefficient (Wildman–Crippen LogP) is 0.940. The molecule has 2 heterocycles. The number of nitrogen functional groups attached to an aromatic ring is 1. The van der Waals surface area contributed by atoms with Crippen LogP contribution in [0.4, 0.5) is 5.82 Å². The van der Waals surface area contributed by atoms with Crippen molar-refractivity contribution < 1.29 is 4.79 Å². The predicted molar refractivity (Wildman–Crippen MR) is 77.2 cm³/mol. The Bertz CT molecular complexity index is 689. The molecule has 1 amide bonds. The molecule has 1 aliphatic rings. The van der Waals surface area contributed by atoms with Gasteiger partial charge in [-0.05, 0) is 31.2 Å². The quantitative estimate of drug-likeness (QED) is 0.869. The van der Waals surface area contributed by atoms with E-state index in [0.717, 1.165) is 49.1 Å². The van der Waals surface area contributed by atoms with Crippen molar-refractivity contribution in [3.63, 3.8) is 0 Å². The molecule has 0 saturated carbocycles. The van der Waals surface area contributed by atoms with Crippen LogP contribution in [0, 0.1) is 0 Å². The number of pyridine rings is 1. The number of amides is 1. The number of hydrogen-bond acceptors (Lipinski definition) is 4. The largest absolute Gasteiger partial charge is 0.382 e. The minimum absolute atomic E-state index is 0.148. The Hall–Kier alpha value is -2.11. The fraction of sp³-hybridized carbons (Fsp3) is 0.500. The van der Waals surface area contributed by atoms with Gasteiger partial charge in [0.05, 0.1) is 5.52 Å². The van der Waals surface area contributed by atoms with Gasteiger partial charge in [0, 0.05) is 12.1 Å². The van der Waals surface area contributed by atoms with Crippen molar-refractivity contribution in [2.24, 2.45) is 5.73 Å². The molecule has 2 aromatic heterocycles. The van der Waals surface area contributed by atoms with Crippen LogP contribution in [0.15, 0.2) is 0 Å². The SMILES string of the molecule is CCc1nc2c(N)nc3c(c2n1CC(N)=O)CCCC3. The normalized spacial score (nSPS) is 14.4. The number of rotatable bonds is 3. The topological polar surface area (TPSA) is 99.8 Å². The highest BCUT2D eigenvalue weighted by molar-refractivity contribution is 5.90. The molecular formula is C14H19N5O. The number of anilines is 1. The van der Waals surface area contributed by atoms with E-state index in [2.05, 4.69) is 9.97 Å². The fourth-order valence-electron chi connectivity index (χ4n) is 3.05. The van der Waals surface area contributed by atoms with Crippen LogP contribution in [-0.4, -0.2) is 20.4 Å². The molecule has 0 unspecified atom stereocenters. The lowest BCUT2D eigenvalue weighted by atomic mass is 9.95. The number of fused-ring (bicyclic) bond motifs is 3. The van der Waals surface area contributed by atoms with Crippen LogP contribution in [0.1, 0.15) is 36.8 Å². The number of aromatic nitrogens is 3. The Morgan fingerprint density at radius 3 is 2.75 bits per heavy atom. The van der Waals surface area contributed by atoms with Crippen molar-refractivity contribution in [1.29, 1.82) is 0 Å². The molecule has 0 aromatic carbocycles. The number of hydrogen-bond donors (Lipinski definition) is 2. The average Bonchev–Trinajstić information content (AvgIpc) is 2.78. The number of nitrogens with two attached hydrogens (primary N) is 2. The highest BCUT2D eigenvalue weighted by atomic mass is 16.1. The fourth-order valence-corrected chi connectivity index (χ4v) is 3.05. The molecule has 0 fully saturated rings. The van der Waals surface area contributed by atoms with E-state index in [4.69, 9.17) is 11.5 Å². The summed E-state index contributed by atoms with van der Waals surface area (Å²) in [6.45, 7) is 2.16. The van der Waals surface area contributed by atoms with Gasteiger partial charge in [-0.25, -0.2) is 9.97 Å². The second-order valence-corrected chi connectivity index (χ2v) is 5.26. The van der Waals surface area contributed by atoms with Gasteiger partial charge in [-0.1, -0.05) is 6.92 Å². The number of primary amides is 1. The summed E-state index contributed by atoms with van der Waals surface area (Å²) in [7, 11) is 0. The summed E-state index contributed by atoms with van der Waals surface area (Å²) < 4.78 is 1.92. The van der Waals surface area contributed by atoms with Crippen molar-refractivity contribution in [2.75, 3.05) is 5.73 Å². The molecule has 0 bridgehead atoms. The lowest BCUT2D eigenvalue weighted by Gasteiger charge is -2.17. The van der Waals surface area contributed by atoms with Gasteiger partial charge in [0.2, 0.25) is 5.91 Å². The first kappa shape index (κ1) is 12.9. The van der Waals surface area contributed by atoms with E-state index in [1.807, 2.05) is 11.5 Å². The molecule has 4 N–H and O–H groups in total. The highest BCUT2D eigenvalue weighted by Crippen LogP contribution is 2.31. The van der Waals surface area contributed by atoms with E-state index in [0.29, 0.717) is 11.3 Å². The number of imidazole rings is 1. The second-order valence-electron chi connectivity index (χ2n) is 5.26. The molecule has 6 heteroatoms. The monoisotopic (exact) mass is 273 g/mol.